The molecule has 1 aliphatic heterocycles. The number of piperazine rings is 1. The van der Waals surface area contributed by atoms with Gasteiger partial charge in [-0.25, -0.2) is 4.98 Å². The van der Waals surface area contributed by atoms with Crippen molar-refractivity contribution in [2.24, 2.45) is 0 Å². The summed E-state index contributed by atoms with van der Waals surface area (Å²) < 4.78 is 1.68. The van der Waals surface area contributed by atoms with E-state index in [0.29, 0.717) is 6.54 Å². The highest BCUT2D eigenvalue weighted by Gasteiger charge is 2.22. The van der Waals surface area contributed by atoms with E-state index >= 15 is 0 Å². The number of rotatable bonds is 7. The summed E-state index contributed by atoms with van der Waals surface area (Å²) in [6, 6.07) is 15.1. The van der Waals surface area contributed by atoms with Gasteiger partial charge in [0.1, 0.15) is 5.82 Å². The van der Waals surface area contributed by atoms with Crippen molar-refractivity contribution in [2.75, 3.05) is 37.6 Å². The fourth-order valence-corrected chi connectivity index (χ4v) is 3.78. The number of aromatic nitrogens is 3. The van der Waals surface area contributed by atoms with E-state index in [2.05, 4.69) is 32.1 Å². The summed E-state index contributed by atoms with van der Waals surface area (Å²) >= 11 is 0. The van der Waals surface area contributed by atoms with Crippen molar-refractivity contribution in [3.05, 3.63) is 78.2 Å². The number of amides is 1. The molecule has 0 saturated carbocycles. The van der Waals surface area contributed by atoms with Crippen molar-refractivity contribution >= 4 is 11.7 Å². The lowest BCUT2D eigenvalue weighted by atomic mass is 10.1. The highest BCUT2D eigenvalue weighted by molar-refractivity contribution is 5.83. The monoisotopic (exact) mass is 404 g/mol. The number of hydrogen-bond acceptors (Lipinski definition) is 5. The molecule has 1 saturated heterocycles. The largest absolute Gasteiger partial charge is 0.354 e. The van der Waals surface area contributed by atoms with E-state index < -0.39 is 6.04 Å². The fraction of sp³-hybridized carbons (Fsp3) is 0.348. The Labute approximate surface area is 177 Å². The zero-order chi connectivity index (χ0) is 20.8. The van der Waals surface area contributed by atoms with Crippen LogP contribution in [0, 0.1) is 0 Å². The standard InChI is InChI=1S/C23H28N6O/c1-2-27-13-15-28(16-14-27)21-10-9-19(17-24-21)18-25-23(30)22(29-12-6-11-26-29)20-7-4-3-5-8-20/h3-12,17,22H,2,13-16,18H2,1H3,(H,25,30). The van der Waals surface area contributed by atoms with Gasteiger partial charge in [-0.1, -0.05) is 43.3 Å². The molecule has 30 heavy (non-hydrogen) atoms. The van der Waals surface area contributed by atoms with Crippen molar-refractivity contribution < 1.29 is 4.79 Å². The van der Waals surface area contributed by atoms with Gasteiger partial charge in [0.2, 0.25) is 5.91 Å². The molecule has 7 heteroatoms. The van der Waals surface area contributed by atoms with E-state index in [9.17, 15) is 4.79 Å². The van der Waals surface area contributed by atoms with E-state index in [1.807, 2.05) is 60.9 Å². The lowest BCUT2D eigenvalue weighted by Crippen LogP contribution is -2.46. The first kappa shape index (κ1) is 20.1. The maximum Gasteiger partial charge on any atom is 0.249 e. The summed E-state index contributed by atoms with van der Waals surface area (Å²) in [4.78, 5) is 22.4. The highest BCUT2D eigenvalue weighted by atomic mass is 16.2. The summed E-state index contributed by atoms with van der Waals surface area (Å²) in [6.45, 7) is 7.88. The maximum atomic E-state index is 13.0. The number of benzene rings is 1. The van der Waals surface area contributed by atoms with Gasteiger partial charge in [0.15, 0.2) is 6.04 Å². The minimum absolute atomic E-state index is 0.0929. The van der Waals surface area contributed by atoms with Gasteiger partial charge < -0.3 is 15.1 Å². The van der Waals surface area contributed by atoms with Crippen LogP contribution >= 0.6 is 0 Å². The van der Waals surface area contributed by atoms with E-state index in [0.717, 1.165) is 49.7 Å². The zero-order valence-corrected chi connectivity index (χ0v) is 17.3. The van der Waals surface area contributed by atoms with Gasteiger partial charge in [-0.3, -0.25) is 9.48 Å². The molecule has 7 nitrogen and oxygen atoms in total. The van der Waals surface area contributed by atoms with Crippen LogP contribution in [0.5, 0.6) is 0 Å². The molecular formula is C23H28N6O. The van der Waals surface area contributed by atoms with Crippen LogP contribution in [0.3, 0.4) is 0 Å². The van der Waals surface area contributed by atoms with Crippen LogP contribution in [-0.4, -0.2) is 58.3 Å². The van der Waals surface area contributed by atoms with Crippen molar-refractivity contribution in [1.82, 2.24) is 25.0 Å². The van der Waals surface area contributed by atoms with Crippen LogP contribution in [0.15, 0.2) is 67.1 Å². The molecule has 1 amide bonds. The molecule has 1 fully saturated rings. The summed E-state index contributed by atoms with van der Waals surface area (Å²) in [5, 5.41) is 7.32. The van der Waals surface area contributed by atoms with Crippen molar-refractivity contribution in [2.45, 2.75) is 19.5 Å². The van der Waals surface area contributed by atoms with Gasteiger partial charge in [0.05, 0.1) is 0 Å². The number of nitrogens with zero attached hydrogens (tertiary/aromatic N) is 5. The van der Waals surface area contributed by atoms with E-state index in [-0.39, 0.29) is 5.91 Å². The molecule has 1 N–H and O–H groups in total. The minimum Gasteiger partial charge on any atom is -0.354 e. The first-order chi connectivity index (χ1) is 14.7. The van der Waals surface area contributed by atoms with E-state index in [4.69, 9.17) is 0 Å². The number of hydrogen-bond donors (Lipinski definition) is 1. The molecule has 1 atom stereocenters. The topological polar surface area (TPSA) is 66.3 Å². The Hall–Kier alpha value is -3.19. The first-order valence-electron chi connectivity index (χ1n) is 10.5. The van der Waals surface area contributed by atoms with Crippen LogP contribution < -0.4 is 10.2 Å². The second-order valence-electron chi connectivity index (χ2n) is 7.46. The summed E-state index contributed by atoms with van der Waals surface area (Å²) in [5.74, 6) is 0.907. The smallest absolute Gasteiger partial charge is 0.249 e. The van der Waals surface area contributed by atoms with Gasteiger partial charge in [-0.05, 0) is 29.8 Å². The molecule has 2 aromatic heterocycles. The Morgan fingerprint density at radius 2 is 1.87 bits per heavy atom. The summed E-state index contributed by atoms with van der Waals surface area (Å²) in [6.07, 6.45) is 5.35. The first-order valence-corrected chi connectivity index (χ1v) is 10.5. The molecular weight excluding hydrogens is 376 g/mol. The minimum atomic E-state index is -0.497. The van der Waals surface area contributed by atoms with Crippen LogP contribution in [0.1, 0.15) is 24.1 Å². The highest BCUT2D eigenvalue weighted by Crippen LogP contribution is 2.18. The number of carbonyl (C=O) groups is 1. The normalized spacial score (nSPS) is 15.7. The Morgan fingerprint density at radius 1 is 1.07 bits per heavy atom. The predicted molar refractivity (Wildman–Crippen MR) is 117 cm³/mol. The van der Waals surface area contributed by atoms with E-state index in [1.165, 1.54) is 0 Å². The van der Waals surface area contributed by atoms with Crippen LogP contribution in [0.25, 0.3) is 0 Å². The summed E-state index contributed by atoms with van der Waals surface area (Å²) in [7, 11) is 0. The fourth-order valence-electron chi connectivity index (χ4n) is 3.78. The molecule has 4 rings (SSSR count). The van der Waals surface area contributed by atoms with Gasteiger partial charge in [0, 0.05) is 51.3 Å². The van der Waals surface area contributed by atoms with Gasteiger partial charge in [-0.2, -0.15) is 5.10 Å². The third-order valence-corrected chi connectivity index (χ3v) is 5.57. The van der Waals surface area contributed by atoms with Gasteiger partial charge in [-0.15, -0.1) is 0 Å². The molecule has 1 unspecified atom stereocenters. The Balaban J connectivity index is 1.38. The molecule has 3 aromatic rings. The van der Waals surface area contributed by atoms with Gasteiger partial charge in [0.25, 0.3) is 0 Å². The predicted octanol–water partition coefficient (Wildman–Crippen LogP) is 2.33. The molecule has 0 aliphatic carbocycles. The Bertz CT molecular complexity index is 918. The van der Waals surface area contributed by atoms with Gasteiger partial charge >= 0.3 is 0 Å². The number of likely N-dealkylation sites (N-methyl/N-ethyl adjacent to an activating group) is 1. The lowest BCUT2D eigenvalue weighted by Gasteiger charge is -2.34. The molecule has 1 aliphatic rings. The zero-order valence-electron chi connectivity index (χ0n) is 17.3. The molecule has 3 heterocycles. The lowest BCUT2D eigenvalue weighted by molar-refractivity contribution is -0.123. The van der Waals surface area contributed by atoms with Crippen LogP contribution in [-0.2, 0) is 11.3 Å². The Kier molecular flexibility index (Phi) is 6.39. The number of nitrogens with one attached hydrogen (secondary N) is 1. The number of anilines is 1. The molecule has 0 radical (unpaired) electrons. The molecule has 1 aromatic carbocycles. The van der Waals surface area contributed by atoms with Crippen LogP contribution in [0.4, 0.5) is 5.82 Å². The maximum absolute atomic E-state index is 13.0. The molecule has 0 bridgehead atoms. The average Bonchev–Trinajstić information content (AvgIpc) is 3.33. The quantitative estimate of drug-likeness (QED) is 0.655. The number of carbonyl (C=O) groups excluding carboxylic acids is 1. The summed E-state index contributed by atoms with van der Waals surface area (Å²) in [5.41, 5.74) is 1.88. The van der Waals surface area contributed by atoms with Crippen LogP contribution in [0.2, 0.25) is 0 Å². The van der Waals surface area contributed by atoms with Crippen molar-refractivity contribution in [3.8, 4) is 0 Å². The Morgan fingerprint density at radius 3 is 2.50 bits per heavy atom. The SMILES string of the molecule is CCN1CCN(c2ccc(CNC(=O)C(c3ccccc3)n3cccn3)cn2)CC1. The van der Waals surface area contributed by atoms with E-state index in [1.54, 1.807) is 10.9 Å². The number of pyridine rings is 1. The van der Waals surface area contributed by atoms with Crippen molar-refractivity contribution in [3.63, 3.8) is 0 Å². The molecule has 0 spiro atoms. The second-order valence-corrected chi connectivity index (χ2v) is 7.46. The second kappa shape index (κ2) is 9.54. The third-order valence-electron chi connectivity index (χ3n) is 5.57. The third kappa shape index (κ3) is 4.68. The average molecular weight is 405 g/mol. The van der Waals surface area contributed by atoms with Crippen molar-refractivity contribution in [1.29, 1.82) is 0 Å². The molecule has 156 valence electrons.